The lowest BCUT2D eigenvalue weighted by Crippen LogP contribution is -2.48. The van der Waals surface area contributed by atoms with Crippen LogP contribution in [0.2, 0.25) is 0 Å². The molecule has 2 unspecified atom stereocenters. The van der Waals surface area contributed by atoms with Crippen LogP contribution in [-0.2, 0) is 15.9 Å². The Morgan fingerprint density at radius 1 is 1.37 bits per heavy atom. The number of nitrogens with one attached hydrogen (secondary N) is 1. The first-order chi connectivity index (χ1) is 13.2. The largest absolute Gasteiger partial charge is 0.376 e. The fourth-order valence-corrected chi connectivity index (χ4v) is 4.73. The summed E-state index contributed by atoms with van der Waals surface area (Å²) < 4.78 is 11.9. The van der Waals surface area contributed by atoms with Crippen molar-refractivity contribution in [2.24, 2.45) is 10.9 Å². The summed E-state index contributed by atoms with van der Waals surface area (Å²) in [5.74, 6) is 1.62. The second kappa shape index (κ2) is 11.0. The first kappa shape index (κ1) is 20.6. The highest BCUT2D eigenvalue weighted by molar-refractivity contribution is 7.09. The van der Waals surface area contributed by atoms with Crippen LogP contribution in [0, 0.1) is 5.92 Å². The van der Waals surface area contributed by atoms with E-state index in [1.165, 1.54) is 17.7 Å². The third-order valence-corrected chi connectivity index (χ3v) is 6.38. The van der Waals surface area contributed by atoms with E-state index in [-0.39, 0.29) is 0 Å². The Morgan fingerprint density at radius 2 is 2.22 bits per heavy atom. The van der Waals surface area contributed by atoms with Crippen LogP contribution in [0.5, 0.6) is 0 Å². The molecule has 1 N–H and O–H groups in total. The van der Waals surface area contributed by atoms with Crippen molar-refractivity contribution in [1.82, 2.24) is 10.2 Å². The van der Waals surface area contributed by atoms with Gasteiger partial charge in [-0.3, -0.25) is 4.99 Å². The molecule has 5 nitrogen and oxygen atoms in total. The highest BCUT2D eigenvalue weighted by atomic mass is 32.1. The van der Waals surface area contributed by atoms with Crippen molar-refractivity contribution in [3.05, 3.63) is 22.4 Å². The predicted molar refractivity (Wildman–Crippen MR) is 113 cm³/mol. The zero-order valence-corrected chi connectivity index (χ0v) is 17.7. The minimum atomic E-state index is 0.316. The molecule has 0 aromatic carbocycles. The monoisotopic (exact) mass is 393 g/mol. The van der Waals surface area contributed by atoms with E-state index in [2.05, 4.69) is 39.6 Å². The molecule has 27 heavy (non-hydrogen) atoms. The summed E-state index contributed by atoms with van der Waals surface area (Å²) in [4.78, 5) is 8.33. The van der Waals surface area contributed by atoms with Gasteiger partial charge in [0, 0.05) is 38.2 Å². The number of ether oxygens (including phenoxy) is 2. The normalized spacial score (nSPS) is 23.4. The SMILES string of the molecule is CN=C(NCC(C)Cc1cccs1)N1CCC(OCC2CCCCO2)CC1. The van der Waals surface area contributed by atoms with Gasteiger partial charge >= 0.3 is 0 Å². The van der Waals surface area contributed by atoms with Crippen LogP contribution in [0.4, 0.5) is 0 Å². The number of aliphatic imine (C=N–C) groups is 1. The van der Waals surface area contributed by atoms with Crippen molar-refractivity contribution in [2.45, 2.75) is 57.7 Å². The third kappa shape index (κ3) is 6.77. The third-order valence-electron chi connectivity index (χ3n) is 5.48. The molecule has 3 heterocycles. The summed E-state index contributed by atoms with van der Waals surface area (Å²) >= 11 is 1.84. The van der Waals surface area contributed by atoms with E-state index in [4.69, 9.17) is 9.47 Å². The maximum Gasteiger partial charge on any atom is 0.193 e. The van der Waals surface area contributed by atoms with Gasteiger partial charge in [0.05, 0.1) is 18.8 Å². The Kier molecular flexibility index (Phi) is 8.42. The van der Waals surface area contributed by atoms with Crippen molar-refractivity contribution >= 4 is 17.3 Å². The average Bonchev–Trinajstić information content (AvgIpc) is 3.21. The molecule has 0 amide bonds. The van der Waals surface area contributed by atoms with Crippen molar-refractivity contribution < 1.29 is 9.47 Å². The summed E-state index contributed by atoms with van der Waals surface area (Å²) in [5.41, 5.74) is 0. The van der Waals surface area contributed by atoms with Gasteiger partial charge in [-0.05, 0) is 55.9 Å². The van der Waals surface area contributed by atoms with Crippen LogP contribution in [0.1, 0.15) is 43.9 Å². The number of likely N-dealkylation sites (tertiary alicyclic amines) is 1. The van der Waals surface area contributed by atoms with Crippen LogP contribution in [0.15, 0.2) is 22.5 Å². The Bertz CT molecular complexity index is 550. The summed E-state index contributed by atoms with van der Waals surface area (Å²) in [6.07, 6.45) is 7.57. The van der Waals surface area contributed by atoms with Gasteiger partial charge in [0.1, 0.15) is 0 Å². The van der Waals surface area contributed by atoms with Gasteiger partial charge in [0.2, 0.25) is 0 Å². The maximum absolute atomic E-state index is 6.13. The zero-order chi connectivity index (χ0) is 18.9. The minimum absolute atomic E-state index is 0.316. The molecule has 2 fully saturated rings. The van der Waals surface area contributed by atoms with Gasteiger partial charge in [0.15, 0.2) is 5.96 Å². The molecule has 1 aromatic heterocycles. The topological polar surface area (TPSA) is 46.1 Å². The van der Waals surface area contributed by atoms with E-state index < -0.39 is 0 Å². The first-order valence-electron chi connectivity index (χ1n) is 10.5. The molecular weight excluding hydrogens is 358 g/mol. The van der Waals surface area contributed by atoms with Crippen LogP contribution in [0.3, 0.4) is 0 Å². The van der Waals surface area contributed by atoms with Crippen LogP contribution in [-0.4, -0.2) is 63.0 Å². The van der Waals surface area contributed by atoms with Crippen LogP contribution < -0.4 is 5.32 Å². The summed E-state index contributed by atoms with van der Waals surface area (Å²) in [6.45, 7) is 6.94. The average molecular weight is 394 g/mol. The smallest absolute Gasteiger partial charge is 0.193 e. The maximum atomic E-state index is 6.13. The number of hydrogen-bond acceptors (Lipinski definition) is 4. The molecule has 2 aliphatic heterocycles. The van der Waals surface area contributed by atoms with E-state index in [9.17, 15) is 0 Å². The number of thiophene rings is 1. The summed E-state index contributed by atoms with van der Waals surface area (Å²) in [6, 6.07) is 4.35. The number of piperidine rings is 1. The molecule has 1 aromatic rings. The van der Waals surface area contributed by atoms with E-state index in [0.29, 0.717) is 18.1 Å². The molecule has 2 atom stereocenters. The molecular formula is C21H35N3O2S. The van der Waals surface area contributed by atoms with E-state index >= 15 is 0 Å². The lowest BCUT2D eigenvalue weighted by molar-refractivity contribution is -0.0721. The standard InChI is InChI=1S/C21H35N3O2S/c1-17(14-20-7-5-13-27-20)15-23-21(22-2)24-10-8-18(9-11-24)26-16-19-6-3-4-12-25-19/h5,7,13,17-19H,3-4,6,8-12,14-16H2,1-2H3,(H,22,23). The summed E-state index contributed by atoms with van der Waals surface area (Å²) in [5, 5.41) is 5.72. The Labute approximate surface area is 168 Å². The molecule has 0 aliphatic carbocycles. The lowest BCUT2D eigenvalue weighted by atomic mass is 10.1. The van der Waals surface area contributed by atoms with Gasteiger partial charge in [-0.25, -0.2) is 0 Å². The molecule has 3 rings (SSSR count). The molecule has 152 valence electrons. The Balaban J connectivity index is 1.34. The second-order valence-electron chi connectivity index (χ2n) is 7.83. The highest BCUT2D eigenvalue weighted by Gasteiger charge is 2.24. The molecule has 0 bridgehead atoms. The van der Waals surface area contributed by atoms with Gasteiger partial charge < -0.3 is 19.7 Å². The predicted octanol–water partition coefficient (Wildman–Crippen LogP) is 3.55. The molecule has 2 aliphatic rings. The minimum Gasteiger partial charge on any atom is -0.376 e. The number of rotatable bonds is 7. The molecule has 0 saturated carbocycles. The Morgan fingerprint density at radius 3 is 2.89 bits per heavy atom. The Hall–Kier alpha value is -1.11. The van der Waals surface area contributed by atoms with Crippen molar-refractivity contribution in [1.29, 1.82) is 0 Å². The summed E-state index contributed by atoms with van der Waals surface area (Å²) in [7, 11) is 1.88. The number of hydrogen-bond donors (Lipinski definition) is 1. The second-order valence-corrected chi connectivity index (χ2v) is 8.86. The quantitative estimate of drug-likeness (QED) is 0.568. The fraction of sp³-hybridized carbons (Fsp3) is 0.762. The zero-order valence-electron chi connectivity index (χ0n) is 16.9. The fourth-order valence-electron chi connectivity index (χ4n) is 3.86. The lowest BCUT2D eigenvalue weighted by Gasteiger charge is -2.35. The molecule has 2 saturated heterocycles. The van der Waals surface area contributed by atoms with Gasteiger partial charge in [0.25, 0.3) is 0 Å². The van der Waals surface area contributed by atoms with Crippen LogP contribution >= 0.6 is 11.3 Å². The molecule has 0 spiro atoms. The van der Waals surface area contributed by atoms with Crippen molar-refractivity contribution in [2.75, 3.05) is 39.9 Å². The number of guanidine groups is 1. The molecule has 0 radical (unpaired) electrons. The van der Waals surface area contributed by atoms with Crippen molar-refractivity contribution in [3.63, 3.8) is 0 Å². The van der Waals surface area contributed by atoms with E-state index in [0.717, 1.165) is 64.5 Å². The number of nitrogens with zero attached hydrogens (tertiary/aromatic N) is 2. The van der Waals surface area contributed by atoms with Gasteiger partial charge in [-0.2, -0.15) is 0 Å². The van der Waals surface area contributed by atoms with Crippen LogP contribution in [0.25, 0.3) is 0 Å². The highest BCUT2D eigenvalue weighted by Crippen LogP contribution is 2.18. The van der Waals surface area contributed by atoms with Gasteiger partial charge in [-0.15, -0.1) is 11.3 Å². The molecule has 6 heteroatoms. The van der Waals surface area contributed by atoms with E-state index in [1.807, 2.05) is 18.4 Å². The van der Waals surface area contributed by atoms with E-state index in [1.54, 1.807) is 0 Å². The van der Waals surface area contributed by atoms with Crippen molar-refractivity contribution in [3.8, 4) is 0 Å². The first-order valence-corrected chi connectivity index (χ1v) is 11.3. The van der Waals surface area contributed by atoms with Gasteiger partial charge in [-0.1, -0.05) is 13.0 Å².